The fraction of sp³-hybridized carbons (Fsp3) is 0.387. The Kier molecular flexibility index (Phi) is 8.32. The number of benzene rings is 3. The number of sulfone groups is 1. The summed E-state index contributed by atoms with van der Waals surface area (Å²) in [6.45, 7) is 9.28. The Bertz CT molecular complexity index is 1550. The molecule has 4 rings (SSSR count). The van der Waals surface area contributed by atoms with Crippen LogP contribution >= 0.6 is 0 Å². The Labute approximate surface area is 238 Å². The summed E-state index contributed by atoms with van der Waals surface area (Å²) in [5.74, 6) is -0.865. The van der Waals surface area contributed by atoms with Gasteiger partial charge in [0.25, 0.3) is 0 Å². The third-order valence-corrected chi connectivity index (χ3v) is 12.0. The number of ether oxygens (including phenoxy) is 1. The van der Waals surface area contributed by atoms with Crippen molar-refractivity contribution in [3.63, 3.8) is 0 Å². The Hall–Kier alpha value is -3.01. The number of hydrogen-bond donors (Lipinski definition) is 0. The maximum absolute atomic E-state index is 14.5. The second-order valence-electron chi connectivity index (χ2n) is 11.2. The van der Waals surface area contributed by atoms with Crippen LogP contribution in [-0.2, 0) is 34.8 Å². The maximum Gasteiger partial charge on any atom is 0.328 e. The van der Waals surface area contributed by atoms with E-state index in [4.69, 9.17) is 4.74 Å². The minimum absolute atomic E-state index is 0.0150. The number of rotatable bonds is 8. The molecule has 214 valence electrons. The lowest BCUT2D eigenvalue weighted by Gasteiger charge is -2.41. The summed E-state index contributed by atoms with van der Waals surface area (Å²) >= 11 is 0. The number of hydrogen-bond acceptors (Lipinski definition) is 6. The number of nitrogens with zero attached hydrogens (tertiary/aromatic N) is 1. The van der Waals surface area contributed by atoms with Crippen LogP contribution in [0.2, 0.25) is 0 Å². The lowest BCUT2D eigenvalue weighted by atomic mass is 9.86. The van der Waals surface area contributed by atoms with E-state index < -0.39 is 42.7 Å². The van der Waals surface area contributed by atoms with Gasteiger partial charge in [-0.25, -0.2) is 21.6 Å². The van der Waals surface area contributed by atoms with Crippen molar-refractivity contribution in [3.05, 3.63) is 96.1 Å². The summed E-state index contributed by atoms with van der Waals surface area (Å²) < 4.78 is 63.6. The van der Waals surface area contributed by atoms with Crippen LogP contribution < -0.4 is 0 Å². The van der Waals surface area contributed by atoms with Crippen molar-refractivity contribution < 1.29 is 26.4 Å². The maximum atomic E-state index is 14.5. The van der Waals surface area contributed by atoms with E-state index in [-0.39, 0.29) is 34.7 Å². The molecule has 0 radical (unpaired) electrons. The average molecular weight is 584 g/mol. The van der Waals surface area contributed by atoms with Gasteiger partial charge in [0, 0.05) is 0 Å². The molecule has 0 spiro atoms. The molecule has 9 heteroatoms. The zero-order valence-corrected chi connectivity index (χ0v) is 25.2. The van der Waals surface area contributed by atoms with Crippen molar-refractivity contribution in [2.75, 3.05) is 6.61 Å². The Morgan fingerprint density at radius 1 is 0.900 bits per heavy atom. The normalized spacial score (nSPS) is 21.2. The molecular weight excluding hydrogens is 546 g/mol. The van der Waals surface area contributed by atoms with Crippen molar-refractivity contribution in [1.82, 2.24) is 4.31 Å². The highest BCUT2D eigenvalue weighted by molar-refractivity contribution is 7.92. The van der Waals surface area contributed by atoms with Gasteiger partial charge in [0.15, 0.2) is 15.4 Å². The zero-order valence-electron chi connectivity index (χ0n) is 23.6. The van der Waals surface area contributed by atoms with Crippen molar-refractivity contribution in [1.29, 1.82) is 0 Å². The van der Waals surface area contributed by atoms with Gasteiger partial charge < -0.3 is 4.74 Å². The second kappa shape index (κ2) is 11.1. The van der Waals surface area contributed by atoms with E-state index in [1.807, 2.05) is 24.3 Å². The quantitative estimate of drug-likeness (QED) is 0.317. The SMILES string of the molecule is CCOC(=O)C1(C(C)S(=O)(=O)c2ccccc2)CCC(c2ccc(C(C)(C)C)cc2)N1S(=O)(=O)c1ccccc1. The van der Waals surface area contributed by atoms with Crippen LogP contribution in [0.15, 0.2) is 94.7 Å². The molecule has 3 aromatic rings. The van der Waals surface area contributed by atoms with Crippen LogP contribution in [0, 0.1) is 0 Å². The number of sulfonamides is 1. The summed E-state index contributed by atoms with van der Waals surface area (Å²) in [6.07, 6.45) is 0.227. The molecule has 3 aromatic carbocycles. The summed E-state index contributed by atoms with van der Waals surface area (Å²) in [5.41, 5.74) is -0.352. The van der Waals surface area contributed by atoms with Crippen LogP contribution in [0.4, 0.5) is 0 Å². The molecule has 0 amide bonds. The molecular formula is C31H37NO6S2. The van der Waals surface area contributed by atoms with E-state index >= 15 is 0 Å². The molecule has 0 aliphatic carbocycles. The predicted molar refractivity (Wildman–Crippen MR) is 155 cm³/mol. The van der Waals surface area contributed by atoms with E-state index in [1.165, 1.54) is 31.2 Å². The van der Waals surface area contributed by atoms with Crippen molar-refractivity contribution in [2.45, 2.75) is 79.5 Å². The van der Waals surface area contributed by atoms with Crippen LogP contribution in [0.5, 0.6) is 0 Å². The van der Waals surface area contributed by atoms with E-state index in [0.29, 0.717) is 5.56 Å². The first-order valence-corrected chi connectivity index (χ1v) is 16.4. The van der Waals surface area contributed by atoms with Gasteiger partial charge in [-0.2, -0.15) is 4.31 Å². The van der Waals surface area contributed by atoms with Gasteiger partial charge in [0.05, 0.1) is 27.7 Å². The average Bonchev–Trinajstić information content (AvgIpc) is 3.36. The molecule has 3 atom stereocenters. The Morgan fingerprint density at radius 3 is 1.93 bits per heavy atom. The molecule has 0 saturated carbocycles. The highest BCUT2D eigenvalue weighted by Crippen LogP contribution is 2.51. The third-order valence-electron chi connectivity index (χ3n) is 7.78. The minimum Gasteiger partial charge on any atom is -0.465 e. The standard InChI is InChI=1S/C31H37NO6S2/c1-6-38-29(33)31(23(2)39(34,35)26-13-9-7-10-14-26)22-21-28(24-17-19-25(20-18-24)30(3,4)5)32(31)40(36,37)27-15-11-8-12-16-27/h7-20,23,28H,6,21-22H2,1-5H3. The second-order valence-corrected chi connectivity index (χ2v) is 15.3. The lowest BCUT2D eigenvalue weighted by Crippen LogP contribution is -2.62. The monoisotopic (exact) mass is 583 g/mol. The molecule has 40 heavy (non-hydrogen) atoms. The number of esters is 1. The molecule has 1 aliphatic heterocycles. The fourth-order valence-corrected chi connectivity index (χ4v) is 9.42. The summed E-state index contributed by atoms with van der Waals surface area (Å²) in [4.78, 5) is 13.9. The summed E-state index contributed by atoms with van der Waals surface area (Å²) in [6, 6.07) is 22.5. The van der Waals surface area contributed by atoms with Gasteiger partial charge in [0.2, 0.25) is 10.0 Å². The van der Waals surface area contributed by atoms with Gasteiger partial charge in [-0.15, -0.1) is 0 Å². The Morgan fingerprint density at radius 2 is 1.43 bits per heavy atom. The van der Waals surface area contributed by atoms with Crippen molar-refractivity contribution >= 4 is 25.8 Å². The first-order valence-electron chi connectivity index (χ1n) is 13.4. The summed E-state index contributed by atoms with van der Waals surface area (Å²) in [5, 5.41) is -1.43. The van der Waals surface area contributed by atoms with Crippen molar-refractivity contribution in [3.8, 4) is 0 Å². The molecule has 0 bridgehead atoms. The highest BCUT2D eigenvalue weighted by atomic mass is 32.2. The van der Waals surface area contributed by atoms with E-state index in [1.54, 1.807) is 43.3 Å². The van der Waals surface area contributed by atoms with Crippen LogP contribution in [0.25, 0.3) is 0 Å². The smallest absolute Gasteiger partial charge is 0.328 e. The third kappa shape index (κ3) is 5.22. The topological polar surface area (TPSA) is 97.8 Å². The molecule has 1 saturated heterocycles. The molecule has 1 aliphatic rings. The van der Waals surface area contributed by atoms with Crippen LogP contribution in [0.3, 0.4) is 0 Å². The first kappa shape index (κ1) is 30.0. The summed E-state index contributed by atoms with van der Waals surface area (Å²) in [7, 11) is -8.52. The van der Waals surface area contributed by atoms with Gasteiger partial charge in [0.1, 0.15) is 0 Å². The van der Waals surface area contributed by atoms with Gasteiger partial charge in [-0.1, -0.05) is 81.4 Å². The molecule has 0 N–H and O–H groups in total. The molecule has 0 aromatic heterocycles. The van der Waals surface area contributed by atoms with Gasteiger partial charge in [-0.3, -0.25) is 0 Å². The largest absolute Gasteiger partial charge is 0.465 e. The number of carbonyl (C=O) groups excluding carboxylic acids is 1. The fourth-order valence-electron chi connectivity index (χ4n) is 5.53. The zero-order chi connectivity index (χ0) is 29.3. The van der Waals surface area contributed by atoms with E-state index in [9.17, 15) is 21.6 Å². The predicted octanol–water partition coefficient (Wildman–Crippen LogP) is 5.67. The molecule has 1 heterocycles. The molecule has 3 unspecified atom stereocenters. The lowest BCUT2D eigenvalue weighted by molar-refractivity contribution is -0.154. The van der Waals surface area contributed by atoms with E-state index in [2.05, 4.69) is 20.8 Å². The van der Waals surface area contributed by atoms with Crippen LogP contribution in [0.1, 0.15) is 64.6 Å². The Balaban J connectivity index is 1.97. The number of carbonyl (C=O) groups is 1. The van der Waals surface area contributed by atoms with Crippen LogP contribution in [-0.4, -0.2) is 44.5 Å². The first-order chi connectivity index (χ1) is 18.8. The van der Waals surface area contributed by atoms with Gasteiger partial charge in [-0.05, 0) is 67.5 Å². The van der Waals surface area contributed by atoms with Gasteiger partial charge >= 0.3 is 5.97 Å². The van der Waals surface area contributed by atoms with E-state index in [0.717, 1.165) is 9.87 Å². The molecule has 7 nitrogen and oxygen atoms in total. The van der Waals surface area contributed by atoms with Crippen molar-refractivity contribution in [2.24, 2.45) is 0 Å². The highest BCUT2D eigenvalue weighted by Gasteiger charge is 2.64. The molecule has 1 fully saturated rings. The minimum atomic E-state index is -4.36.